The van der Waals surface area contributed by atoms with Crippen LogP contribution in [0.15, 0.2) is 6.20 Å². The molecule has 0 aliphatic carbocycles. The Labute approximate surface area is 136 Å². The second-order valence-corrected chi connectivity index (χ2v) is 6.35. The van der Waals surface area contributed by atoms with Gasteiger partial charge < -0.3 is 21.1 Å². The quantitative estimate of drug-likeness (QED) is 0.664. The van der Waals surface area contributed by atoms with Gasteiger partial charge in [0, 0.05) is 20.0 Å². The number of carbonyl (C=O) groups excluding carboxylic acids is 2. The monoisotopic (exact) mass is 325 g/mol. The van der Waals surface area contributed by atoms with E-state index in [0.717, 1.165) is 19.3 Å². The maximum absolute atomic E-state index is 11.8. The maximum Gasteiger partial charge on any atom is 0.407 e. The second kappa shape index (κ2) is 8.40. The number of hydrogen-bond donors (Lipinski definition) is 3. The van der Waals surface area contributed by atoms with Crippen molar-refractivity contribution < 1.29 is 14.3 Å². The maximum atomic E-state index is 11.8. The summed E-state index contributed by atoms with van der Waals surface area (Å²) in [6.45, 7) is 5.99. The highest BCUT2D eigenvalue weighted by atomic mass is 16.6. The van der Waals surface area contributed by atoms with E-state index in [-0.39, 0.29) is 5.91 Å². The van der Waals surface area contributed by atoms with Crippen LogP contribution in [0.3, 0.4) is 0 Å². The molecule has 1 heterocycles. The van der Waals surface area contributed by atoms with E-state index in [1.165, 1.54) is 10.9 Å². The molecule has 8 nitrogen and oxygen atoms in total. The number of nitrogen functional groups attached to an aromatic ring is 1. The molecule has 8 heteroatoms. The molecule has 0 bridgehead atoms. The molecule has 23 heavy (non-hydrogen) atoms. The molecular weight excluding hydrogens is 298 g/mol. The Morgan fingerprint density at radius 3 is 2.57 bits per heavy atom. The first kappa shape index (κ1) is 18.8. The third kappa shape index (κ3) is 7.53. The number of alkyl carbamates (subject to hydrolysis) is 1. The molecule has 1 aromatic heterocycles. The molecule has 0 saturated heterocycles. The van der Waals surface area contributed by atoms with E-state index >= 15 is 0 Å². The molecule has 0 aromatic carbocycles. The fourth-order valence-corrected chi connectivity index (χ4v) is 1.85. The van der Waals surface area contributed by atoms with Crippen molar-refractivity contribution in [2.24, 2.45) is 7.05 Å². The van der Waals surface area contributed by atoms with Crippen LogP contribution in [0.1, 0.15) is 46.5 Å². The van der Waals surface area contributed by atoms with Crippen molar-refractivity contribution in [3.63, 3.8) is 0 Å². The van der Waals surface area contributed by atoms with E-state index in [1.807, 2.05) is 20.8 Å². The minimum atomic E-state index is -0.490. The molecule has 1 rings (SSSR count). The van der Waals surface area contributed by atoms with Crippen LogP contribution < -0.4 is 16.4 Å². The zero-order chi connectivity index (χ0) is 17.5. The van der Waals surface area contributed by atoms with Gasteiger partial charge in [-0.1, -0.05) is 6.42 Å². The van der Waals surface area contributed by atoms with Crippen molar-refractivity contribution in [2.45, 2.75) is 52.1 Å². The molecule has 130 valence electrons. The number of nitrogens with two attached hydrogens (primary N) is 1. The van der Waals surface area contributed by atoms with Crippen LogP contribution in [0.25, 0.3) is 0 Å². The highest BCUT2D eigenvalue weighted by Crippen LogP contribution is 2.16. The van der Waals surface area contributed by atoms with Crippen LogP contribution in [-0.2, 0) is 16.6 Å². The predicted molar refractivity (Wildman–Crippen MR) is 89.0 cm³/mol. The average molecular weight is 325 g/mol. The minimum absolute atomic E-state index is 0.0928. The van der Waals surface area contributed by atoms with Gasteiger partial charge in [0.2, 0.25) is 5.91 Å². The van der Waals surface area contributed by atoms with Crippen LogP contribution in [-0.4, -0.2) is 33.9 Å². The Morgan fingerprint density at radius 2 is 2.00 bits per heavy atom. The number of carbonyl (C=O) groups is 2. The van der Waals surface area contributed by atoms with Crippen LogP contribution in [0.5, 0.6) is 0 Å². The summed E-state index contributed by atoms with van der Waals surface area (Å²) in [7, 11) is 1.71. The number of nitrogens with zero attached hydrogens (tertiary/aromatic N) is 2. The lowest BCUT2D eigenvalue weighted by Gasteiger charge is -2.19. The summed E-state index contributed by atoms with van der Waals surface area (Å²) in [6, 6.07) is 0. The van der Waals surface area contributed by atoms with Crippen LogP contribution in [0.2, 0.25) is 0 Å². The lowest BCUT2D eigenvalue weighted by molar-refractivity contribution is -0.116. The number of aromatic nitrogens is 2. The van der Waals surface area contributed by atoms with Gasteiger partial charge in [0.1, 0.15) is 17.1 Å². The van der Waals surface area contributed by atoms with Gasteiger partial charge in [-0.05, 0) is 33.6 Å². The van der Waals surface area contributed by atoms with Crippen molar-refractivity contribution in [3.05, 3.63) is 6.20 Å². The van der Waals surface area contributed by atoms with Crippen molar-refractivity contribution in [2.75, 3.05) is 17.6 Å². The number of aryl methyl sites for hydroxylation is 1. The van der Waals surface area contributed by atoms with Crippen molar-refractivity contribution in [1.82, 2.24) is 15.1 Å². The zero-order valence-corrected chi connectivity index (χ0v) is 14.3. The van der Waals surface area contributed by atoms with Gasteiger partial charge in [0.25, 0.3) is 0 Å². The smallest absolute Gasteiger partial charge is 0.407 e. The second-order valence-electron chi connectivity index (χ2n) is 6.35. The SMILES string of the molecule is Cn1ncc(NC(=O)CCCCCNC(=O)OC(C)(C)C)c1N. The fourth-order valence-electron chi connectivity index (χ4n) is 1.85. The summed E-state index contributed by atoms with van der Waals surface area (Å²) in [5.41, 5.74) is 5.79. The Hall–Kier alpha value is -2.25. The number of ether oxygens (including phenoxy) is 1. The first-order valence-corrected chi connectivity index (χ1v) is 7.73. The summed E-state index contributed by atoms with van der Waals surface area (Å²) in [6.07, 6.45) is 3.89. The van der Waals surface area contributed by atoms with Crippen molar-refractivity contribution in [1.29, 1.82) is 0 Å². The predicted octanol–water partition coefficient (Wildman–Crippen LogP) is 2.03. The summed E-state index contributed by atoms with van der Waals surface area (Å²) >= 11 is 0. The first-order valence-electron chi connectivity index (χ1n) is 7.73. The van der Waals surface area contributed by atoms with E-state index < -0.39 is 11.7 Å². The number of unbranched alkanes of at least 4 members (excludes halogenated alkanes) is 2. The van der Waals surface area contributed by atoms with Crippen LogP contribution >= 0.6 is 0 Å². The number of nitrogens with one attached hydrogen (secondary N) is 2. The van der Waals surface area contributed by atoms with Gasteiger partial charge in [-0.3, -0.25) is 9.48 Å². The van der Waals surface area contributed by atoms with Crippen molar-refractivity contribution >= 4 is 23.5 Å². The van der Waals surface area contributed by atoms with Crippen LogP contribution in [0, 0.1) is 0 Å². The molecular formula is C15H27N5O3. The van der Waals surface area contributed by atoms with Crippen molar-refractivity contribution in [3.8, 4) is 0 Å². The number of anilines is 2. The lowest BCUT2D eigenvalue weighted by atomic mass is 10.2. The van der Waals surface area contributed by atoms with Gasteiger partial charge in [-0.15, -0.1) is 0 Å². The third-order valence-electron chi connectivity index (χ3n) is 3.01. The van der Waals surface area contributed by atoms with Gasteiger partial charge >= 0.3 is 6.09 Å². The van der Waals surface area contributed by atoms with E-state index in [0.29, 0.717) is 24.5 Å². The Bertz CT molecular complexity index is 534. The molecule has 0 aliphatic heterocycles. The van der Waals surface area contributed by atoms with Crippen LogP contribution in [0.4, 0.5) is 16.3 Å². The standard InChI is InChI=1S/C15H27N5O3/c1-15(2,3)23-14(22)17-9-7-5-6-8-12(21)19-11-10-18-20(4)13(11)16/h10H,5-9,16H2,1-4H3,(H,17,22)(H,19,21). The summed E-state index contributed by atoms with van der Waals surface area (Å²) in [5, 5.41) is 9.37. The topological polar surface area (TPSA) is 111 Å². The third-order valence-corrected chi connectivity index (χ3v) is 3.01. The number of rotatable bonds is 7. The fraction of sp³-hybridized carbons (Fsp3) is 0.667. The molecule has 0 spiro atoms. The summed E-state index contributed by atoms with van der Waals surface area (Å²) in [5.74, 6) is 0.338. The highest BCUT2D eigenvalue weighted by molar-refractivity contribution is 5.93. The van der Waals surface area contributed by atoms with Gasteiger partial charge in [-0.25, -0.2) is 4.79 Å². The Morgan fingerprint density at radius 1 is 1.30 bits per heavy atom. The Balaban J connectivity index is 2.10. The van der Waals surface area contributed by atoms with E-state index in [9.17, 15) is 9.59 Å². The lowest BCUT2D eigenvalue weighted by Crippen LogP contribution is -2.33. The molecule has 0 unspecified atom stereocenters. The summed E-state index contributed by atoms with van der Waals surface area (Å²) in [4.78, 5) is 23.2. The molecule has 0 saturated carbocycles. The largest absolute Gasteiger partial charge is 0.444 e. The molecule has 0 atom stereocenters. The van der Waals surface area contributed by atoms with Gasteiger partial charge in [-0.2, -0.15) is 5.10 Å². The van der Waals surface area contributed by atoms with Gasteiger partial charge in [0.15, 0.2) is 0 Å². The molecule has 0 radical (unpaired) electrons. The van der Waals surface area contributed by atoms with E-state index in [4.69, 9.17) is 10.5 Å². The van der Waals surface area contributed by atoms with Gasteiger partial charge in [0.05, 0.1) is 6.20 Å². The summed E-state index contributed by atoms with van der Waals surface area (Å²) < 4.78 is 6.63. The molecule has 0 aliphatic rings. The normalized spacial score (nSPS) is 11.1. The molecule has 0 fully saturated rings. The minimum Gasteiger partial charge on any atom is -0.444 e. The van der Waals surface area contributed by atoms with E-state index in [1.54, 1.807) is 7.05 Å². The molecule has 4 N–H and O–H groups in total. The first-order chi connectivity index (χ1) is 10.7. The zero-order valence-electron chi connectivity index (χ0n) is 14.3. The number of amides is 2. The number of hydrogen-bond acceptors (Lipinski definition) is 5. The molecule has 1 aromatic rings. The molecule has 2 amide bonds. The highest BCUT2D eigenvalue weighted by Gasteiger charge is 2.15. The Kier molecular flexibility index (Phi) is 6.87. The van der Waals surface area contributed by atoms with E-state index in [2.05, 4.69) is 15.7 Å². The average Bonchev–Trinajstić information content (AvgIpc) is 2.72.